The maximum atomic E-state index is 12.0. The number of nitrogens with one attached hydrogen (secondary N) is 1. The second-order valence-electron chi connectivity index (χ2n) is 5.59. The molecule has 1 N–H and O–H groups in total. The third-order valence-electron chi connectivity index (χ3n) is 4.10. The molecule has 114 valence electrons. The summed E-state index contributed by atoms with van der Waals surface area (Å²) < 4.78 is 0. The summed E-state index contributed by atoms with van der Waals surface area (Å²) in [5.74, 6) is 0.497. The first-order chi connectivity index (χ1) is 10.8. The molecule has 0 atom stereocenters. The van der Waals surface area contributed by atoms with E-state index < -0.39 is 0 Å². The van der Waals surface area contributed by atoms with Crippen LogP contribution in [-0.4, -0.2) is 35.5 Å². The third-order valence-corrected chi connectivity index (χ3v) is 4.10. The summed E-state index contributed by atoms with van der Waals surface area (Å²) in [6.45, 7) is 2.76. The second kappa shape index (κ2) is 7.02. The first-order valence-corrected chi connectivity index (χ1v) is 7.66. The van der Waals surface area contributed by atoms with Crippen LogP contribution in [0.2, 0.25) is 0 Å². The van der Waals surface area contributed by atoms with E-state index in [2.05, 4.69) is 26.3 Å². The van der Waals surface area contributed by atoms with Gasteiger partial charge in [0.05, 0.1) is 17.4 Å². The van der Waals surface area contributed by atoms with E-state index in [9.17, 15) is 4.79 Å². The number of rotatable bonds is 4. The summed E-state index contributed by atoms with van der Waals surface area (Å²) in [6, 6.07) is 7.63. The Morgan fingerprint density at radius 2 is 1.86 bits per heavy atom. The number of hydrogen-bond acceptors (Lipinski definition) is 4. The van der Waals surface area contributed by atoms with Crippen molar-refractivity contribution in [1.82, 2.24) is 15.3 Å². The first kappa shape index (κ1) is 14.5. The maximum Gasteiger partial charge on any atom is 0.252 e. The molecule has 0 saturated carbocycles. The average molecular weight is 296 g/mol. The number of piperidine rings is 1. The molecule has 0 spiro atoms. The molecule has 0 aromatic carbocycles. The largest absolute Gasteiger partial charge is 0.370 e. The van der Waals surface area contributed by atoms with Crippen molar-refractivity contribution in [3.63, 3.8) is 0 Å². The predicted octanol–water partition coefficient (Wildman–Crippen LogP) is 2.12. The number of carbonyl (C=O) groups is 1. The molecule has 1 aliphatic heterocycles. The van der Waals surface area contributed by atoms with Crippen LogP contribution in [0.5, 0.6) is 0 Å². The highest BCUT2D eigenvalue weighted by atomic mass is 16.1. The Morgan fingerprint density at radius 1 is 1.14 bits per heavy atom. The van der Waals surface area contributed by atoms with Crippen LogP contribution in [0.1, 0.15) is 23.2 Å². The number of pyridine rings is 2. The molecule has 3 rings (SSSR count). The molecule has 1 aliphatic rings. The number of carbonyl (C=O) groups excluding carboxylic acids is 1. The van der Waals surface area contributed by atoms with Crippen LogP contribution >= 0.6 is 0 Å². The Bertz CT molecular complexity index is 595. The summed E-state index contributed by atoms with van der Waals surface area (Å²) in [6.07, 6.45) is 9.14. The molecule has 0 unspecified atom stereocenters. The van der Waals surface area contributed by atoms with Gasteiger partial charge in [0.2, 0.25) is 0 Å². The van der Waals surface area contributed by atoms with Crippen molar-refractivity contribution < 1.29 is 4.79 Å². The van der Waals surface area contributed by atoms with Crippen LogP contribution in [0, 0.1) is 5.92 Å². The minimum absolute atomic E-state index is 0.0391. The number of anilines is 1. The molecule has 3 heterocycles. The zero-order valence-electron chi connectivity index (χ0n) is 12.5. The highest BCUT2D eigenvalue weighted by molar-refractivity contribution is 5.93. The lowest BCUT2D eigenvalue weighted by Crippen LogP contribution is -2.38. The van der Waals surface area contributed by atoms with Gasteiger partial charge in [-0.1, -0.05) is 0 Å². The lowest BCUT2D eigenvalue weighted by Gasteiger charge is -2.33. The molecule has 1 saturated heterocycles. The fourth-order valence-electron chi connectivity index (χ4n) is 2.77. The number of hydrogen-bond donors (Lipinski definition) is 1. The van der Waals surface area contributed by atoms with Gasteiger partial charge in [-0.15, -0.1) is 0 Å². The van der Waals surface area contributed by atoms with Crippen molar-refractivity contribution in [3.8, 4) is 0 Å². The van der Waals surface area contributed by atoms with E-state index in [0.29, 0.717) is 11.5 Å². The van der Waals surface area contributed by atoms with Gasteiger partial charge in [-0.05, 0) is 43.0 Å². The number of nitrogens with zero attached hydrogens (tertiary/aromatic N) is 3. The molecule has 22 heavy (non-hydrogen) atoms. The molecule has 1 fully saturated rings. The molecule has 0 radical (unpaired) electrons. The highest BCUT2D eigenvalue weighted by Crippen LogP contribution is 2.21. The number of amides is 1. The van der Waals surface area contributed by atoms with E-state index in [1.165, 1.54) is 5.69 Å². The number of aromatic nitrogens is 2. The molecule has 0 bridgehead atoms. The van der Waals surface area contributed by atoms with Crippen molar-refractivity contribution in [2.75, 3.05) is 24.5 Å². The van der Waals surface area contributed by atoms with Gasteiger partial charge in [-0.25, -0.2) is 0 Å². The molecule has 0 aliphatic carbocycles. The fourth-order valence-corrected chi connectivity index (χ4v) is 2.77. The van der Waals surface area contributed by atoms with Gasteiger partial charge in [0, 0.05) is 38.2 Å². The highest BCUT2D eigenvalue weighted by Gasteiger charge is 2.20. The third kappa shape index (κ3) is 3.61. The summed E-state index contributed by atoms with van der Waals surface area (Å²) in [5, 5.41) is 3.01. The van der Waals surface area contributed by atoms with Crippen LogP contribution in [-0.2, 0) is 0 Å². The van der Waals surface area contributed by atoms with Crippen molar-refractivity contribution in [1.29, 1.82) is 0 Å². The SMILES string of the molecule is O=C(NCC1CCN(c2cccnc2)CC1)c1cccnc1. The molecule has 2 aromatic rings. The van der Waals surface area contributed by atoms with Crippen LogP contribution in [0.25, 0.3) is 0 Å². The standard InChI is InChI=1S/C17H20N4O/c22-17(15-3-1-7-18-12-15)20-11-14-5-9-21(10-6-14)16-4-2-8-19-13-16/h1-4,7-8,12-14H,5-6,9-11H2,(H,20,22). The predicted molar refractivity (Wildman–Crippen MR) is 85.7 cm³/mol. The maximum absolute atomic E-state index is 12.0. The fraction of sp³-hybridized carbons (Fsp3) is 0.353. The van der Waals surface area contributed by atoms with Gasteiger partial charge < -0.3 is 10.2 Å². The lowest BCUT2D eigenvalue weighted by atomic mass is 9.96. The van der Waals surface area contributed by atoms with Crippen LogP contribution in [0.3, 0.4) is 0 Å². The Morgan fingerprint density at radius 3 is 2.50 bits per heavy atom. The Kier molecular flexibility index (Phi) is 4.63. The zero-order valence-corrected chi connectivity index (χ0v) is 12.5. The van der Waals surface area contributed by atoms with Gasteiger partial charge in [0.15, 0.2) is 0 Å². The van der Waals surface area contributed by atoms with E-state index in [1.807, 2.05) is 12.3 Å². The van der Waals surface area contributed by atoms with Gasteiger partial charge >= 0.3 is 0 Å². The molecule has 2 aromatic heterocycles. The lowest BCUT2D eigenvalue weighted by molar-refractivity contribution is 0.0944. The summed E-state index contributed by atoms with van der Waals surface area (Å²) >= 11 is 0. The first-order valence-electron chi connectivity index (χ1n) is 7.66. The normalized spacial score (nSPS) is 15.5. The van der Waals surface area contributed by atoms with Crippen molar-refractivity contribution in [3.05, 3.63) is 54.6 Å². The quantitative estimate of drug-likeness (QED) is 0.939. The molecule has 5 heteroatoms. The van der Waals surface area contributed by atoms with Crippen molar-refractivity contribution >= 4 is 11.6 Å². The minimum Gasteiger partial charge on any atom is -0.370 e. The second-order valence-corrected chi connectivity index (χ2v) is 5.59. The minimum atomic E-state index is -0.0391. The van der Waals surface area contributed by atoms with Crippen molar-refractivity contribution in [2.24, 2.45) is 5.92 Å². The van der Waals surface area contributed by atoms with Gasteiger partial charge in [0.25, 0.3) is 5.91 Å². The monoisotopic (exact) mass is 296 g/mol. The summed E-state index contributed by atoms with van der Waals surface area (Å²) in [4.78, 5) is 22.5. The molecule has 5 nitrogen and oxygen atoms in total. The summed E-state index contributed by atoms with van der Waals surface area (Å²) in [5.41, 5.74) is 1.80. The van der Waals surface area contributed by atoms with Gasteiger partial charge in [-0.2, -0.15) is 0 Å². The molecular formula is C17H20N4O. The zero-order chi connectivity index (χ0) is 15.2. The van der Waals surface area contributed by atoms with E-state index in [-0.39, 0.29) is 5.91 Å². The van der Waals surface area contributed by atoms with E-state index in [0.717, 1.165) is 32.5 Å². The van der Waals surface area contributed by atoms with E-state index >= 15 is 0 Å². The van der Waals surface area contributed by atoms with Crippen LogP contribution in [0.15, 0.2) is 49.1 Å². The Hall–Kier alpha value is -2.43. The van der Waals surface area contributed by atoms with Crippen molar-refractivity contribution in [2.45, 2.75) is 12.8 Å². The van der Waals surface area contributed by atoms with Crippen LogP contribution in [0.4, 0.5) is 5.69 Å². The summed E-state index contributed by atoms with van der Waals surface area (Å²) in [7, 11) is 0. The topological polar surface area (TPSA) is 58.1 Å². The van der Waals surface area contributed by atoms with Gasteiger partial charge in [0.1, 0.15) is 0 Å². The average Bonchev–Trinajstić information content (AvgIpc) is 2.61. The van der Waals surface area contributed by atoms with E-state index in [4.69, 9.17) is 0 Å². The molecular weight excluding hydrogens is 276 g/mol. The molecule has 1 amide bonds. The smallest absolute Gasteiger partial charge is 0.252 e. The Labute approximate surface area is 130 Å². The van der Waals surface area contributed by atoms with Gasteiger partial charge in [-0.3, -0.25) is 14.8 Å². The van der Waals surface area contributed by atoms with Crippen LogP contribution < -0.4 is 10.2 Å². The Balaban J connectivity index is 1.45. The van der Waals surface area contributed by atoms with E-state index in [1.54, 1.807) is 30.7 Å².